The Hall–Kier alpha value is -1.35. The van der Waals surface area contributed by atoms with Crippen molar-refractivity contribution in [3.8, 4) is 0 Å². The van der Waals surface area contributed by atoms with Gasteiger partial charge < -0.3 is 10.1 Å². The van der Waals surface area contributed by atoms with Crippen LogP contribution < -0.4 is 5.32 Å². The van der Waals surface area contributed by atoms with E-state index in [0.29, 0.717) is 26.2 Å². The van der Waals surface area contributed by atoms with E-state index in [9.17, 15) is 4.79 Å². The predicted molar refractivity (Wildman–Crippen MR) is 68.9 cm³/mol. The largest absolute Gasteiger partial charge is 0.380 e. The highest BCUT2D eigenvalue weighted by Gasteiger charge is 2.00. The summed E-state index contributed by atoms with van der Waals surface area (Å²) < 4.78 is 5.14. The molecular formula is C14H21NO2. The lowest BCUT2D eigenvalue weighted by Crippen LogP contribution is -2.27. The maximum atomic E-state index is 11.4. The molecule has 3 nitrogen and oxygen atoms in total. The average molecular weight is 235 g/mol. The molecule has 0 saturated carbocycles. The van der Waals surface area contributed by atoms with E-state index in [-0.39, 0.29) is 5.91 Å². The van der Waals surface area contributed by atoms with Crippen LogP contribution in [0.15, 0.2) is 30.3 Å². The van der Waals surface area contributed by atoms with E-state index in [4.69, 9.17) is 4.74 Å². The van der Waals surface area contributed by atoms with Crippen LogP contribution >= 0.6 is 0 Å². The first-order chi connectivity index (χ1) is 8.33. The Morgan fingerprint density at radius 1 is 1.29 bits per heavy atom. The van der Waals surface area contributed by atoms with Crippen molar-refractivity contribution in [2.75, 3.05) is 19.8 Å². The van der Waals surface area contributed by atoms with Crippen molar-refractivity contribution in [1.82, 2.24) is 5.32 Å². The third-order valence-corrected chi connectivity index (χ3v) is 2.48. The summed E-state index contributed by atoms with van der Waals surface area (Å²) in [7, 11) is 0. The van der Waals surface area contributed by atoms with E-state index >= 15 is 0 Å². The van der Waals surface area contributed by atoms with Crippen LogP contribution in [0.3, 0.4) is 0 Å². The zero-order valence-corrected chi connectivity index (χ0v) is 10.4. The molecule has 0 fully saturated rings. The van der Waals surface area contributed by atoms with E-state index in [1.54, 1.807) is 0 Å². The van der Waals surface area contributed by atoms with Crippen molar-refractivity contribution < 1.29 is 9.53 Å². The molecule has 1 rings (SSSR count). The third-order valence-electron chi connectivity index (χ3n) is 2.48. The standard InChI is InChI=1S/C14H21NO2/c1-2-17-12-11-15-14(16)10-6-9-13-7-4-3-5-8-13/h3-5,7-8H,2,6,9-12H2,1H3,(H,15,16). The molecule has 0 unspecified atom stereocenters. The smallest absolute Gasteiger partial charge is 0.220 e. The van der Waals surface area contributed by atoms with Gasteiger partial charge in [0.2, 0.25) is 5.91 Å². The highest BCUT2D eigenvalue weighted by molar-refractivity contribution is 5.75. The molecule has 0 aromatic heterocycles. The van der Waals surface area contributed by atoms with Gasteiger partial charge in [0.25, 0.3) is 0 Å². The van der Waals surface area contributed by atoms with Gasteiger partial charge in [-0.05, 0) is 25.3 Å². The average Bonchev–Trinajstić information content (AvgIpc) is 2.36. The summed E-state index contributed by atoms with van der Waals surface area (Å²) in [5, 5.41) is 2.84. The first-order valence-corrected chi connectivity index (χ1v) is 6.21. The molecule has 0 spiro atoms. The molecule has 0 aliphatic carbocycles. The molecule has 3 heteroatoms. The molecule has 94 valence electrons. The minimum atomic E-state index is 0.112. The number of aryl methyl sites for hydroxylation is 1. The molecule has 0 radical (unpaired) electrons. The molecule has 0 aliphatic heterocycles. The van der Waals surface area contributed by atoms with Crippen LogP contribution in [-0.4, -0.2) is 25.7 Å². The molecule has 0 heterocycles. The highest BCUT2D eigenvalue weighted by atomic mass is 16.5. The summed E-state index contributed by atoms with van der Waals surface area (Å²) in [5.74, 6) is 0.112. The molecule has 1 amide bonds. The first-order valence-electron chi connectivity index (χ1n) is 6.21. The number of ether oxygens (including phenoxy) is 1. The van der Waals surface area contributed by atoms with Crippen molar-refractivity contribution in [1.29, 1.82) is 0 Å². The molecule has 1 aromatic carbocycles. The Morgan fingerprint density at radius 2 is 2.06 bits per heavy atom. The van der Waals surface area contributed by atoms with E-state index in [0.717, 1.165) is 12.8 Å². The van der Waals surface area contributed by atoms with Gasteiger partial charge in [-0.2, -0.15) is 0 Å². The van der Waals surface area contributed by atoms with E-state index in [1.807, 2.05) is 25.1 Å². The maximum absolute atomic E-state index is 11.4. The Labute approximate surface area is 103 Å². The van der Waals surface area contributed by atoms with Crippen LogP contribution in [0, 0.1) is 0 Å². The number of hydrogen-bond acceptors (Lipinski definition) is 2. The Morgan fingerprint density at radius 3 is 2.76 bits per heavy atom. The number of hydrogen-bond donors (Lipinski definition) is 1. The summed E-state index contributed by atoms with van der Waals surface area (Å²) in [5.41, 5.74) is 1.29. The van der Waals surface area contributed by atoms with Gasteiger partial charge in [-0.1, -0.05) is 30.3 Å². The van der Waals surface area contributed by atoms with E-state index in [1.165, 1.54) is 5.56 Å². The fourth-order valence-corrected chi connectivity index (χ4v) is 1.59. The molecule has 0 atom stereocenters. The molecule has 0 bridgehead atoms. The quantitative estimate of drug-likeness (QED) is 0.701. The number of carbonyl (C=O) groups excluding carboxylic acids is 1. The van der Waals surface area contributed by atoms with Crippen molar-refractivity contribution in [2.24, 2.45) is 0 Å². The van der Waals surface area contributed by atoms with Gasteiger partial charge >= 0.3 is 0 Å². The molecule has 1 N–H and O–H groups in total. The zero-order valence-electron chi connectivity index (χ0n) is 10.4. The number of benzene rings is 1. The van der Waals surface area contributed by atoms with Gasteiger partial charge in [0, 0.05) is 19.6 Å². The number of nitrogens with one attached hydrogen (secondary N) is 1. The van der Waals surface area contributed by atoms with Gasteiger partial charge in [0.05, 0.1) is 6.61 Å². The van der Waals surface area contributed by atoms with Crippen LogP contribution in [0.2, 0.25) is 0 Å². The van der Waals surface area contributed by atoms with E-state index in [2.05, 4.69) is 17.4 Å². The Balaban J connectivity index is 2.04. The van der Waals surface area contributed by atoms with Crippen LogP contribution in [0.4, 0.5) is 0 Å². The first kappa shape index (κ1) is 13.7. The number of rotatable bonds is 8. The Kier molecular flexibility index (Phi) is 7.07. The fourth-order valence-electron chi connectivity index (χ4n) is 1.59. The van der Waals surface area contributed by atoms with Crippen LogP contribution in [0.1, 0.15) is 25.3 Å². The zero-order chi connectivity index (χ0) is 12.3. The fraction of sp³-hybridized carbons (Fsp3) is 0.500. The normalized spacial score (nSPS) is 10.2. The van der Waals surface area contributed by atoms with Crippen molar-refractivity contribution >= 4 is 5.91 Å². The highest BCUT2D eigenvalue weighted by Crippen LogP contribution is 2.04. The van der Waals surface area contributed by atoms with Gasteiger partial charge in [-0.15, -0.1) is 0 Å². The molecule has 0 aliphatic rings. The lowest BCUT2D eigenvalue weighted by atomic mass is 10.1. The second kappa shape index (κ2) is 8.76. The van der Waals surface area contributed by atoms with Gasteiger partial charge in [-0.25, -0.2) is 0 Å². The summed E-state index contributed by atoms with van der Waals surface area (Å²) in [6.45, 7) is 3.85. The monoisotopic (exact) mass is 235 g/mol. The predicted octanol–water partition coefficient (Wildman–Crippen LogP) is 2.16. The van der Waals surface area contributed by atoms with Gasteiger partial charge in [0.1, 0.15) is 0 Å². The van der Waals surface area contributed by atoms with Crippen LogP contribution in [-0.2, 0) is 16.0 Å². The lowest BCUT2D eigenvalue weighted by molar-refractivity contribution is -0.121. The van der Waals surface area contributed by atoms with Crippen LogP contribution in [0.5, 0.6) is 0 Å². The Bertz CT molecular complexity index is 311. The molecule has 17 heavy (non-hydrogen) atoms. The number of amides is 1. The minimum absolute atomic E-state index is 0.112. The topological polar surface area (TPSA) is 38.3 Å². The van der Waals surface area contributed by atoms with Gasteiger partial charge in [0.15, 0.2) is 0 Å². The molecule has 0 saturated heterocycles. The minimum Gasteiger partial charge on any atom is -0.380 e. The summed E-state index contributed by atoms with van der Waals surface area (Å²) in [6.07, 6.45) is 2.44. The number of carbonyl (C=O) groups is 1. The summed E-state index contributed by atoms with van der Waals surface area (Å²) >= 11 is 0. The van der Waals surface area contributed by atoms with Crippen molar-refractivity contribution in [3.05, 3.63) is 35.9 Å². The van der Waals surface area contributed by atoms with Crippen molar-refractivity contribution in [2.45, 2.75) is 26.2 Å². The third kappa shape index (κ3) is 6.74. The summed E-state index contributed by atoms with van der Waals surface area (Å²) in [6, 6.07) is 10.2. The van der Waals surface area contributed by atoms with Gasteiger partial charge in [-0.3, -0.25) is 4.79 Å². The SMILES string of the molecule is CCOCCNC(=O)CCCc1ccccc1. The second-order valence-corrected chi connectivity index (χ2v) is 3.89. The van der Waals surface area contributed by atoms with Crippen LogP contribution in [0.25, 0.3) is 0 Å². The van der Waals surface area contributed by atoms with E-state index < -0.39 is 0 Å². The molecular weight excluding hydrogens is 214 g/mol. The molecule has 1 aromatic rings. The van der Waals surface area contributed by atoms with Crippen molar-refractivity contribution in [3.63, 3.8) is 0 Å². The lowest BCUT2D eigenvalue weighted by Gasteiger charge is -2.05. The second-order valence-electron chi connectivity index (χ2n) is 3.89. The maximum Gasteiger partial charge on any atom is 0.220 e. The summed E-state index contributed by atoms with van der Waals surface area (Å²) in [4.78, 5) is 11.4.